The molecule has 7 heteroatoms. The first-order valence-corrected chi connectivity index (χ1v) is 9.39. The highest BCUT2D eigenvalue weighted by Crippen LogP contribution is 2.19. The minimum atomic E-state index is -0.971. The summed E-state index contributed by atoms with van der Waals surface area (Å²) in [5.41, 5.74) is 0.976. The second-order valence-corrected chi connectivity index (χ2v) is 7.09. The van der Waals surface area contributed by atoms with E-state index in [0.717, 1.165) is 17.8 Å². The van der Waals surface area contributed by atoms with Gasteiger partial charge in [-0.1, -0.05) is 6.92 Å². The summed E-state index contributed by atoms with van der Waals surface area (Å²) >= 11 is 1.03. The Bertz CT molecular complexity index is 854. The Labute approximate surface area is 161 Å². The maximum atomic E-state index is 12.4. The third-order valence-electron chi connectivity index (χ3n) is 3.74. The number of ketones is 2. The zero-order valence-electron chi connectivity index (χ0n) is 15.4. The molecule has 0 saturated heterocycles. The van der Waals surface area contributed by atoms with Crippen molar-refractivity contribution in [3.05, 3.63) is 51.7 Å². The molecule has 0 aliphatic rings. The minimum Gasteiger partial charge on any atom is -0.450 e. The predicted octanol–water partition coefficient (Wildman–Crippen LogP) is 4.12. The molecule has 142 valence electrons. The molecule has 0 aliphatic heterocycles. The number of ether oxygens (including phenoxy) is 1. The van der Waals surface area contributed by atoms with Gasteiger partial charge in [0, 0.05) is 17.7 Å². The Hall–Kier alpha value is -2.80. The number of anilines is 1. The number of carbonyl (C=O) groups is 4. The highest BCUT2D eigenvalue weighted by Gasteiger charge is 2.22. The molecule has 1 atom stereocenters. The van der Waals surface area contributed by atoms with Gasteiger partial charge in [0.15, 0.2) is 11.9 Å². The number of Topliss-reactive ketones (excluding diaryl/α,β-unsaturated/α-hetero) is 2. The van der Waals surface area contributed by atoms with Crippen LogP contribution in [0.1, 0.15) is 63.3 Å². The highest BCUT2D eigenvalue weighted by molar-refractivity contribution is 7.15. The van der Waals surface area contributed by atoms with Gasteiger partial charge in [-0.15, -0.1) is 11.3 Å². The van der Waals surface area contributed by atoms with Gasteiger partial charge in [-0.05, 0) is 56.7 Å². The van der Waals surface area contributed by atoms with Crippen LogP contribution in [0.3, 0.4) is 0 Å². The average molecular weight is 387 g/mol. The summed E-state index contributed by atoms with van der Waals surface area (Å²) in [6.45, 7) is 4.83. The van der Waals surface area contributed by atoms with Crippen molar-refractivity contribution in [1.29, 1.82) is 0 Å². The van der Waals surface area contributed by atoms with E-state index in [2.05, 4.69) is 5.32 Å². The van der Waals surface area contributed by atoms with Crippen molar-refractivity contribution < 1.29 is 23.9 Å². The first-order chi connectivity index (χ1) is 12.8. The number of carbonyl (C=O) groups excluding carboxylic acids is 4. The van der Waals surface area contributed by atoms with E-state index in [9.17, 15) is 19.2 Å². The Balaban J connectivity index is 1.98. The molecule has 0 aliphatic carbocycles. The van der Waals surface area contributed by atoms with E-state index in [-0.39, 0.29) is 22.4 Å². The van der Waals surface area contributed by atoms with Gasteiger partial charge in [0.2, 0.25) is 11.7 Å². The van der Waals surface area contributed by atoms with Crippen molar-refractivity contribution >= 4 is 40.5 Å². The quantitative estimate of drug-likeness (QED) is 0.544. The SMILES string of the molecule is CCCC(=O)Nc1ccc(C(=O)C(C)OC(=O)c2ccc(C(C)=O)s2)cc1. The van der Waals surface area contributed by atoms with Crippen LogP contribution in [0.25, 0.3) is 0 Å². The van der Waals surface area contributed by atoms with Gasteiger partial charge in [0.05, 0.1) is 4.88 Å². The number of benzene rings is 1. The van der Waals surface area contributed by atoms with Crippen molar-refractivity contribution in [1.82, 2.24) is 0 Å². The fraction of sp³-hybridized carbons (Fsp3) is 0.300. The highest BCUT2D eigenvalue weighted by atomic mass is 32.1. The fourth-order valence-corrected chi connectivity index (χ4v) is 3.10. The van der Waals surface area contributed by atoms with Crippen molar-refractivity contribution in [2.24, 2.45) is 0 Å². The summed E-state index contributed by atoms with van der Waals surface area (Å²) in [7, 11) is 0. The largest absolute Gasteiger partial charge is 0.450 e. The molecule has 0 saturated carbocycles. The van der Waals surface area contributed by atoms with Crippen LogP contribution in [0.5, 0.6) is 0 Å². The van der Waals surface area contributed by atoms with E-state index >= 15 is 0 Å². The zero-order valence-corrected chi connectivity index (χ0v) is 16.2. The van der Waals surface area contributed by atoms with Crippen LogP contribution < -0.4 is 5.32 Å². The molecule has 1 heterocycles. The lowest BCUT2D eigenvalue weighted by Crippen LogP contribution is -2.24. The number of hydrogen-bond donors (Lipinski definition) is 1. The lowest BCUT2D eigenvalue weighted by atomic mass is 10.1. The third kappa shape index (κ3) is 5.59. The minimum absolute atomic E-state index is 0.0836. The van der Waals surface area contributed by atoms with Gasteiger partial charge in [-0.2, -0.15) is 0 Å². The number of thiophene rings is 1. The lowest BCUT2D eigenvalue weighted by molar-refractivity contribution is -0.116. The van der Waals surface area contributed by atoms with Gasteiger partial charge in [-0.3, -0.25) is 14.4 Å². The molecule has 0 spiro atoms. The smallest absolute Gasteiger partial charge is 0.349 e. The van der Waals surface area contributed by atoms with Gasteiger partial charge in [0.1, 0.15) is 4.88 Å². The first-order valence-electron chi connectivity index (χ1n) is 8.57. The summed E-state index contributed by atoms with van der Waals surface area (Å²) < 4.78 is 5.21. The Morgan fingerprint density at radius 1 is 1.04 bits per heavy atom. The van der Waals surface area contributed by atoms with Crippen LogP contribution in [-0.2, 0) is 9.53 Å². The summed E-state index contributed by atoms with van der Waals surface area (Å²) in [5.74, 6) is -1.20. The summed E-state index contributed by atoms with van der Waals surface area (Å²) in [4.78, 5) is 48.2. The average Bonchev–Trinajstić information content (AvgIpc) is 3.12. The molecule has 2 rings (SSSR count). The van der Waals surface area contributed by atoms with Crippen LogP contribution in [0.2, 0.25) is 0 Å². The van der Waals surface area contributed by atoms with E-state index in [1.54, 1.807) is 30.3 Å². The summed E-state index contributed by atoms with van der Waals surface area (Å²) in [5, 5.41) is 2.74. The van der Waals surface area contributed by atoms with Crippen LogP contribution in [0.15, 0.2) is 36.4 Å². The van der Waals surface area contributed by atoms with E-state index in [4.69, 9.17) is 4.74 Å². The molecule has 1 aromatic heterocycles. The van der Waals surface area contributed by atoms with Gasteiger partial charge in [-0.25, -0.2) is 4.79 Å². The molecule has 1 amide bonds. The van der Waals surface area contributed by atoms with Crippen LogP contribution in [0.4, 0.5) is 5.69 Å². The Morgan fingerprint density at radius 3 is 2.22 bits per heavy atom. The van der Waals surface area contributed by atoms with Gasteiger partial charge in [0.25, 0.3) is 0 Å². The maximum Gasteiger partial charge on any atom is 0.349 e. The maximum absolute atomic E-state index is 12.4. The second-order valence-electron chi connectivity index (χ2n) is 6.01. The van der Waals surface area contributed by atoms with Crippen molar-refractivity contribution in [2.75, 3.05) is 5.32 Å². The molecular weight excluding hydrogens is 366 g/mol. The van der Waals surface area contributed by atoms with E-state index in [1.807, 2.05) is 6.92 Å². The van der Waals surface area contributed by atoms with Crippen molar-refractivity contribution in [3.8, 4) is 0 Å². The molecule has 0 fully saturated rings. The first kappa shape index (κ1) is 20.5. The fourth-order valence-electron chi connectivity index (χ4n) is 2.31. The van der Waals surface area contributed by atoms with Crippen molar-refractivity contribution in [3.63, 3.8) is 0 Å². The summed E-state index contributed by atoms with van der Waals surface area (Å²) in [6, 6.07) is 9.48. The van der Waals surface area contributed by atoms with E-state index in [1.165, 1.54) is 19.9 Å². The molecular formula is C20H21NO5S. The predicted molar refractivity (Wildman–Crippen MR) is 104 cm³/mol. The molecule has 0 radical (unpaired) electrons. The van der Waals surface area contributed by atoms with E-state index in [0.29, 0.717) is 22.5 Å². The Morgan fingerprint density at radius 2 is 1.67 bits per heavy atom. The monoisotopic (exact) mass is 387 g/mol. The molecule has 27 heavy (non-hydrogen) atoms. The molecule has 1 aromatic carbocycles. The lowest BCUT2D eigenvalue weighted by Gasteiger charge is -2.12. The Kier molecular flexibility index (Phi) is 7.01. The second kappa shape index (κ2) is 9.23. The zero-order chi connectivity index (χ0) is 20.0. The van der Waals surface area contributed by atoms with Gasteiger partial charge < -0.3 is 10.1 Å². The molecule has 6 nitrogen and oxygen atoms in total. The third-order valence-corrected chi connectivity index (χ3v) is 4.90. The molecule has 0 bridgehead atoms. The van der Waals surface area contributed by atoms with Crippen LogP contribution in [0, 0.1) is 0 Å². The number of hydrogen-bond acceptors (Lipinski definition) is 6. The number of rotatable bonds is 8. The standard InChI is InChI=1S/C20H21NO5S/c1-4-5-18(23)21-15-8-6-14(7-9-15)19(24)13(3)26-20(25)17-11-10-16(27-17)12(2)22/h6-11,13H,4-5H2,1-3H3,(H,21,23). The van der Waals surface area contributed by atoms with Crippen LogP contribution >= 0.6 is 11.3 Å². The van der Waals surface area contributed by atoms with E-state index < -0.39 is 12.1 Å². The molecule has 1 unspecified atom stereocenters. The number of amides is 1. The van der Waals surface area contributed by atoms with Crippen LogP contribution in [-0.4, -0.2) is 29.5 Å². The van der Waals surface area contributed by atoms with Crippen molar-refractivity contribution in [2.45, 2.75) is 39.7 Å². The molecule has 2 aromatic rings. The number of esters is 1. The topological polar surface area (TPSA) is 89.5 Å². The normalized spacial score (nSPS) is 11.5. The summed E-state index contributed by atoms with van der Waals surface area (Å²) in [6.07, 6.45) is 0.214. The number of nitrogens with one attached hydrogen (secondary N) is 1. The molecule has 1 N–H and O–H groups in total. The van der Waals surface area contributed by atoms with Gasteiger partial charge >= 0.3 is 5.97 Å².